The number of hydrogen-bond donors (Lipinski definition) is 2. The Bertz CT molecular complexity index is 643. The molecule has 7 heteroatoms. The number of fused-ring (bicyclic) bond motifs is 1. The minimum atomic E-state index is -3.27. The minimum Gasteiger partial charge on any atom is -0.352 e. The molecule has 1 aliphatic heterocycles. The monoisotopic (exact) mass is 325 g/mol. The molecule has 0 aromatic heterocycles. The number of rotatable bonds is 6. The lowest BCUT2D eigenvalue weighted by Gasteiger charge is -2.29. The zero-order valence-corrected chi connectivity index (χ0v) is 13.7. The van der Waals surface area contributed by atoms with E-state index in [4.69, 9.17) is 5.73 Å². The highest BCUT2D eigenvalue weighted by molar-refractivity contribution is 7.92. The standard InChI is InChI=1S/C15H23N3O3S/c1-22(20,21)18-10-4-5-12-11-13(6-7-14(12)18)15(19)17-9-3-2-8-16/h6-7,11H,2-5,8-10,16H2,1H3,(H,17,19). The molecular weight excluding hydrogens is 302 g/mol. The van der Waals surface area contributed by atoms with Crippen molar-refractivity contribution in [1.82, 2.24) is 5.32 Å². The SMILES string of the molecule is CS(=O)(=O)N1CCCc2cc(C(=O)NCCCCN)ccc21. The molecule has 3 N–H and O–H groups in total. The smallest absolute Gasteiger partial charge is 0.251 e. The van der Waals surface area contributed by atoms with Gasteiger partial charge in [0.2, 0.25) is 10.0 Å². The van der Waals surface area contributed by atoms with Gasteiger partial charge in [0.1, 0.15) is 0 Å². The molecule has 1 aromatic carbocycles. The third kappa shape index (κ3) is 3.98. The molecule has 1 aromatic rings. The third-order valence-electron chi connectivity index (χ3n) is 3.73. The van der Waals surface area contributed by atoms with Gasteiger partial charge in [0, 0.05) is 18.7 Å². The van der Waals surface area contributed by atoms with Crippen molar-refractivity contribution >= 4 is 21.6 Å². The van der Waals surface area contributed by atoms with Crippen molar-refractivity contribution in [3.63, 3.8) is 0 Å². The van der Waals surface area contributed by atoms with E-state index in [0.717, 1.165) is 31.2 Å². The second-order valence-electron chi connectivity index (χ2n) is 5.53. The molecule has 1 amide bonds. The van der Waals surface area contributed by atoms with E-state index in [1.807, 2.05) is 0 Å². The van der Waals surface area contributed by atoms with Crippen molar-refractivity contribution in [3.8, 4) is 0 Å². The summed E-state index contributed by atoms with van der Waals surface area (Å²) in [5, 5.41) is 2.86. The lowest BCUT2D eigenvalue weighted by Crippen LogP contribution is -2.34. The Morgan fingerprint density at radius 2 is 2.14 bits per heavy atom. The summed E-state index contributed by atoms with van der Waals surface area (Å²) in [6.07, 6.45) is 4.50. The number of hydrogen-bond acceptors (Lipinski definition) is 4. The number of aryl methyl sites for hydroxylation is 1. The molecular formula is C15H23N3O3S. The first-order valence-electron chi connectivity index (χ1n) is 7.52. The molecule has 2 rings (SSSR count). The van der Waals surface area contributed by atoms with Crippen LogP contribution in [0.4, 0.5) is 5.69 Å². The van der Waals surface area contributed by atoms with Crippen LogP contribution in [0.1, 0.15) is 35.2 Å². The molecule has 1 heterocycles. The van der Waals surface area contributed by atoms with Gasteiger partial charge in [-0.15, -0.1) is 0 Å². The van der Waals surface area contributed by atoms with E-state index in [-0.39, 0.29) is 5.91 Å². The van der Waals surface area contributed by atoms with E-state index in [9.17, 15) is 13.2 Å². The Morgan fingerprint density at radius 1 is 1.36 bits per heavy atom. The molecule has 0 saturated carbocycles. The fraction of sp³-hybridized carbons (Fsp3) is 0.533. The molecule has 1 aliphatic rings. The number of anilines is 1. The van der Waals surface area contributed by atoms with Crippen molar-refractivity contribution in [2.75, 3.05) is 30.2 Å². The Labute approximate surface area is 131 Å². The van der Waals surface area contributed by atoms with E-state index in [2.05, 4.69) is 5.32 Å². The summed E-state index contributed by atoms with van der Waals surface area (Å²) in [4.78, 5) is 12.1. The molecule has 0 spiro atoms. The topological polar surface area (TPSA) is 92.5 Å². The van der Waals surface area contributed by atoms with Gasteiger partial charge in [-0.05, 0) is 56.0 Å². The van der Waals surface area contributed by atoms with Gasteiger partial charge in [0.05, 0.1) is 11.9 Å². The summed E-state index contributed by atoms with van der Waals surface area (Å²) >= 11 is 0. The number of carbonyl (C=O) groups is 1. The largest absolute Gasteiger partial charge is 0.352 e. The molecule has 0 saturated heterocycles. The molecule has 22 heavy (non-hydrogen) atoms. The highest BCUT2D eigenvalue weighted by atomic mass is 32.2. The van der Waals surface area contributed by atoms with Crippen LogP contribution in [0.15, 0.2) is 18.2 Å². The van der Waals surface area contributed by atoms with Gasteiger partial charge >= 0.3 is 0 Å². The number of nitrogens with zero attached hydrogens (tertiary/aromatic N) is 1. The summed E-state index contributed by atoms with van der Waals surface area (Å²) in [5.41, 5.74) is 7.58. The lowest BCUT2D eigenvalue weighted by atomic mass is 10.0. The molecule has 0 aliphatic carbocycles. The van der Waals surface area contributed by atoms with Crippen LogP contribution >= 0.6 is 0 Å². The van der Waals surface area contributed by atoms with Gasteiger partial charge < -0.3 is 11.1 Å². The Kier molecular flexibility index (Phi) is 5.42. The van der Waals surface area contributed by atoms with Crippen LogP contribution < -0.4 is 15.4 Å². The highest BCUT2D eigenvalue weighted by Gasteiger charge is 2.24. The Balaban J connectivity index is 2.13. The molecule has 0 unspecified atom stereocenters. The summed E-state index contributed by atoms with van der Waals surface area (Å²) in [7, 11) is -3.27. The van der Waals surface area contributed by atoms with Crippen LogP contribution in [0.3, 0.4) is 0 Å². The van der Waals surface area contributed by atoms with Gasteiger partial charge in [0.25, 0.3) is 5.91 Å². The zero-order valence-electron chi connectivity index (χ0n) is 12.8. The maximum Gasteiger partial charge on any atom is 0.251 e. The minimum absolute atomic E-state index is 0.128. The van der Waals surface area contributed by atoms with Crippen molar-refractivity contribution in [1.29, 1.82) is 0 Å². The number of carbonyl (C=O) groups excluding carboxylic acids is 1. The molecule has 0 bridgehead atoms. The van der Waals surface area contributed by atoms with Crippen molar-refractivity contribution in [3.05, 3.63) is 29.3 Å². The van der Waals surface area contributed by atoms with E-state index in [1.54, 1.807) is 18.2 Å². The second-order valence-corrected chi connectivity index (χ2v) is 7.44. The summed E-state index contributed by atoms with van der Waals surface area (Å²) < 4.78 is 25.0. The molecule has 6 nitrogen and oxygen atoms in total. The quantitative estimate of drug-likeness (QED) is 0.759. The van der Waals surface area contributed by atoms with Crippen molar-refractivity contribution < 1.29 is 13.2 Å². The summed E-state index contributed by atoms with van der Waals surface area (Å²) in [6, 6.07) is 5.20. The average molecular weight is 325 g/mol. The van der Waals surface area contributed by atoms with Crippen LogP contribution in [0.5, 0.6) is 0 Å². The second kappa shape index (κ2) is 7.11. The molecule has 0 atom stereocenters. The van der Waals surface area contributed by atoms with Crippen LogP contribution in [-0.4, -0.2) is 40.2 Å². The van der Waals surface area contributed by atoms with Gasteiger partial charge in [-0.3, -0.25) is 9.10 Å². The number of benzene rings is 1. The number of nitrogens with two attached hydrogens (primary N) is 1. The van der Waals surface area contributed by atoms with Crippen LogP contribution in [0.2, 0.25) is 0 Å². The first kappa shape index (κ1) is 16.8. The summed E-state index contributed by atoms with van der Waals surface area (Å²) in [6.45, 7) is 1.72. The first-order valence-corrected chi connectivity index (χ1v) is 9.37. The number of unbranched alkanes of at least 4 members (excludes halogenated alkanes) is 1. The number of amides is 1. The van der Waals surface area contributed by atoms with E-state index in [1.165, 1.54) is 10.6 Å². The maximum atomic E-state index is 12.1. The van der Waals surface area contributed by atoms with Gasteiger partial charge in [-0.25, -0.2) is 8.42 Å². The van der Waals surface area contributed by atoms with E-state index < -0.39 is 10.0 Å². The fourth-order valence-electron chi connectivity index (χ4n) is 2.62. The average Bonchev–Trinajstić information content (AvgIpc) is 2.49. The van der Waals surface area contributed by atoms with Gasteiger partial charge in [-0.2, -0.15) is 0 Å². The normalized spacial score (nSPS) is 14.5. The zero-order chi connectivity index (χ0) is 16.2. The van der Waals surface area contributed by atoms with Crippen molar-refractivity contribution in [2.45, 2.75) is 25.7 Å². The lowest BCUT2D eigenvalue weighted by molar-refractivity contribution is 0.0953. The Hall–Kier alpha value is -1.60. The first-order chi connectivity index (χ1) is 10.4. The van der Waals surface area contributed by atoms with Crippen LogP contribution in [0.25, 0.3) is 0 Å². The number of sulfonamides is 1. The Morgan fingerprint density at radius 3 is 2.82 bits per heavy atom. The van der Waals surface area contributed by atoms with Crippen LogP contribution in [-0.2, 0) is 16.4 Å². The predicted octanol–water partition coefficient (Wildman–Crippen LogP) is 0.868. The highest BCUT2D eigenvalue weighted by Crippen LogP contribution is 2.29. The fourth-order valence-corrected chi connectivity index (χ4v) is 3.62. The van der Waals surface area contributed by atoms with E-state index >= 15 is 0 Å². The molecule has 0 fully saturated rings. The number of nitrogens with one attached hydrogen (secondary N) is 1. The predicted molar refractivity (Wildman–Crippen MR) is 87.6 cm³/mol. The summed E-state index contributed by atoms with van der Waals surface area (Å²) in [5.74, 6) is -0.128. The van der Waals surface area contributed by atoms with E-state index in [0.29, 0.717) is 30.9 Å². The molecule has 0 radical (unpaired) electrons. The third-order valence-corrected chi connectivity index (χ3v) is 4.91. The van der Waals surface area contributed by atoms with Gasteiger partial charge in [-0.1, -0.05) is 0 Å². The van der Waals surface area contributed by atoms with Crippen LogP contribution in [0, 0.1) is 0 Å². The van der Waals surface area contributed by atoms with Crippen molar-refractivity contribution in [2.24, 2.45) is 5.73 Å². The maximum absolute atomic E-state index is 12.1. The molecule has 122 valence electrons. The van der Waals surface area contributed by atoms with Gasteiger partial charge in [0.15, 0.2) is 0 Å².